The van der Waals surface area contributed by atoms with E-state index >= 15 is 0 Å². The van der Waals surface area contributed by atoms with Crippen molar-refractivity contribution >= 4 is 23.2 Å². The van der Waals surface area contributed by atoms with Crippen LogP contribution in [0.1, 0.15) is 21.5 Å². The SMILES string of the molecule is Cc1ccc(NC(=O)CNc2ccc(C(N)=O)cc2)cc1C. The minimum atomic E-state index is -0.473. The van der Waals surface area contributed by atoms with Crippen LogP contribution in [0.5, 0.6) is 0 Å². The number of primary amides is 1. The fraction of sp³-hybridized carbons (Fsp3) is 0.176. The zero-order valence-corrected chi connectivity index (χ0v) is 12.6. The zero-order valence-electron chi connectivity index (χ0n) is 12.6. The van der Waals surface area contributed by atoms with Gasteiger partial charge in [-0.25, -0.2) is 0 Å². The molecule has 0 fully saturated rings. The largest absolute Gasteiger partial charge is 0.376 e. The number of anilines is 2. The molecule has 0 saturated carbocycles. The summed E-state index contributed by atoms with van der Waals surface area (Å²) in [5.41, 5.74) is 9.45. The van der Waals surface area contributed by atoms with Gasteiger partial charge < -0.3 is 16.4 Å². The van der Waals surface area contributed by atoms with E-state index in [0.717, 1.165) is 16.9 Å². The Morgan fingerprint density at radius 1 is 0.955 bits per heavy atom. The maximum atomic E-state index is 11.9. The van der Waals surface area contributed by atoms with Gasteiger partial charge in [-0.2, -0.15) is 0 Å². The molecule has 0 heterocycles. The third kappa shape index (κ3) is 4.09. The van der Waals surface area contributed by atoms with E-state index in [2.05, 4.69) is 10.6 Å². The summed E-state index contributed by atoms with van der Waals surface area (Å²) in [6.45, 7) is 4.17. The van der Waals surface area contributed by atoms with E-state index < -0.39 is 5.91 Å². The van der Waals surface area contributed by atoms with Gasteiger partial charge in [-0.05, 0) is 61.4 Å². The summed E-state index contributed by atoms with van der Waals surface area (Å²) in [5, 5.41) is 5.83. The predicted molar refractivity (Wildman–Crippen MR) is 88.0 cm³/mol. The van der Waals surface area contributed by atoms with E-state index in [4.69, 9.17) is 5.73 Å². The van der Waals surface area contributed by atoms with E-state index in [0.29, 0.717) is 5.56 Å². The van der Waals surface area contributed by atoms with Crippen LogP contribution in [-0.4, -0.2) is 18.4 Å². The maximum Gasteiger partial charge on any atom is 0.248 e. The van der Waals surface area contributed by atoms with E-state index in [1.54, 1.807) is 24.3 Å². The smallest absolute Gasteiger partial charge is 0.248 e. The third-order valence-electron chi connectivity index (χ3n) is 3.41. The predicted octanol–water partition coefficient (Wildman–Crippen LogP) is 2.45. The maximum absolute atomic E-state index is 11.9. The third-order valence-corrected chi connectivity index (χ3v) is 3.41. The second-order valence-electron chi connectivity index (χ2n) is 5.14. The lowest BCUT2D eigenvalue weighted by Crippen LogP contribution is -2.21. The fourth-order valence-corrected chi connectivity index (χ4v) is 1.96. The van der Waals surface area contributed by atoms with Crippen molar-refractivity contribution in [1.29, 1.82) is 0 Å². The summed E-state index contributed by atoms with van der Waals surface area (Å²) in [5.74, 6) is -0.610. The van der Waals surface area contributed by atoms with Crippen molar-refractivity contribution in [3.8, 4) is 0 Å². The van der Waals surface area contributed by atoms with Crippen LogP contribution in [0.25, 0.3) is 0 Å². The molecular weight excluding hydrogens is 278 g/mol. The van der Waals surface area contributed by atoms with E-state index in [-0.39, 0.29) is 12.5 Å². The average Bonchev–Trinajstić information content (AvgIpc) is 2.49. The lowest BCUT2D eigenvalue weighted by atomic mass is 10.1. The highest BCUT2D eigenvalue weighted by molar-refractivity contribution is 5.94. The number of rotatable bonds is 5. The van der Waals surface area contributed by atoms with Crippen molar-refractivity contribution in [1.82, 2.24) is 0 Å². The minimum Gasteiger partial charge on any atom is -0.376 e. The molecule has 5 heteroatoms. The molecule has 0 saturated heterocycles. The molecule has 0 aliphatic heterocycles. The summed E-state index contributed by atoms with van der Waals surface area (Å²) >= 11 is 0. The molecule has 2 amide bonds. The number of hydrogen-bond acceptors (Lipinski definition) is 3. The van der Waals surface area contributed by atoms with Crippen LogP contribution in [0.4, 0.5) is 11.4 Å². The number of carbonyl (C=O) groups is 2. The standard InChI is InChI=1S/C17H19N3O2/c1-11-3-6-15(9-12(11)2)20-16(21)10-19-14-7-4-13(5-8-14)17(18)22/h3-9,19H,10H2,1-2H3,(H2,18,22)(H,20,21). The van der Waals surface area contributed by atoms with Crippen LogP contribution in [0, 0.1) is 13.8 Å². The van der Waals surface area contributed by atoms with Gasteiger partial charge in [-0.1, -0.05) is 6.07 Å². The molecule has 22 heavy (non-hydrogen) atoms. The number of carbonyl (C=O) groups excluding carboxylic acids is 2. The van der Waals surface area contributed by atoms with Crippen LogP contribution < -0.4 is 16.4 Å². The fourth-order valence-electron chi connectivity index (χ4n) is 1.96. The van der Waals surface area contributed by atoms with Crippen molar-refractivity contribution in [2.45, 2.75) is 13.8 Å². The van der Waals surface area contributed by atoms with E-state index in [9.17, 15) is 9.59 Å². The van der Waals surface area contributed by atoms with Crippen LogP contribution in [-0.2, 0) is 4.79 Å². The molecule has 0 aromatic heterocycles. The van der Waals surface area contributed by atoms with Gasteiger partial charge in [-0.15, -0.1) is 0 Å². The molecule has 2 aromatic rings. The monoisotopic (exact) mass is 297 g/mol. The first-order valence-corrected chi connectivity index (χ1v) is 6.96. The van der Waals surface area contributed by atoms with Crippen molar-refractivity contribution in [3.63, 3.8) is 0 Å². The first-order valence-electron chi connectivity index (χ1n) is 6.96. The van der Waals surface area contributed by atoms with Gasteiger partial charge in [0.2, 0.25) is 11.8 Å². The van der Waals surface area contributed by atoms with Crippen molar-refractivity contribution < 1.29 is 9.59 Å². The van der Waals surface area contributed by atoms with Gasteiger partial charge in [0, 0.05) is 16.9 Å². The summed E-state index contributed by atoms with van der Waals surface area (Å²) in [4.78, 5) is 22.9. The molecule has 0 aliphatic carbocycles. The van der Waals surface area contributed by atoms with Gasteiger partial charge in [0.1, 0.15) is 0 Å². The topological polar surface area (TPSA) is 84.2 Å². The Morgan fingerprint density at radius 2 is 1.59 bits per heavy atom. The summed E-state index contributed by atoms with van der Waals surface area (Å²) in [6, 6.07) is 12.4. The Labute approximate surface area is 129 Å². The van der Waals surface area contributed by atoms with E-state index in [1.807, 2.05) is 32.0 Å². The van der Waals surface area contributed by atoms with Gasteiger partial charge in [0.25, 0.3) is 0 Å². The highest BCUT2D eigenvalue weighted by Gasteiger charge is 2.04. The Hall–Kier alpha value is -2.82. The normalized spacial score (nSPS) is 10.1. The summed E-state index contributed by atoms with van der Waals surface area (Å²) < 4.78 is 0. The summed E-state index contributed by atoms with van der Waals surface area (Å²) in [6.07, 6.45) is 0. The quantitative estimate of drug-likeness (QED) is 0.792. The lowest BCUT2D eigenvalue weighted by molar-refractivity contribution is -0.114. The number of hydrogen-bond donors (Lipinski definition) is 3. The van der Waals surface area contributed by atoms with Crippen LogP contribution >= 0.6 is 0 Å². The van der Waals surface area contributed by atoms with Crippen molar-refractivity contribution in [2.75, 3.05) is 17.2 Å². The molecule has 2 rings (SSSR count). The Kier molecular flexibility index (Phi) is 4.78. The summed E-state index contributed by atoms with van der Waals surface area (Å²) in [7, 11) is 0. The molecule has 0 radical (unpaired) electrons. The lowest BCUT2D eigenvalue weighted by Gasteiger charge is -2.09. The minimum absolute atomic E-state index is 0.137. The van der Waals surface area contributed by atoms with Gasteiger partial charge in [0.05, 0.1) is 6.54 Å². The van der Waals surface area contributed by atoms with Gasteiger partial charge >= 0.3 is 0 Å². The molecule has 0 spiro atoms. The molecule has 114 valence electrons. The zero-order chi connectivity index (χ0) is 16.1. The molecule has 0 unspecified atom stereocenters. The molecule has 0 bridgehead atoms. The molecule has 4 N–H and O–H groups in total. The number of aryl methyl sites for hydroxylation is 2. The number of amides is 2. The van der Waals surface area contributed by atoms with Crippen molar-refractivity contribution in [3.05, 3.63) is 59.2 Å². The molecule has 2 aromatic carbocycles. The van der Waals surface area contributed by atoms with Crippen LogP contribution in [0.2, 0.25) is 0 Å². The highest BCUT2D eigenvalue weighted by Crippen LogP contribution is 2.14. The number of nitrogens with one attached hydrogen (secondary N) is 2. The van der Waals surface area contributed by atoms with Crippen molar-refractivity contribution in [2.24, 2.45) is 5.73 Å². The Bertz CT molecular complexity index is 694. The molecule has 0 aliphatic rings. The first-order chi connectivity index (χ1) is 10.5. The number of nitrogens with two attached hydrogens (primary N) is 1. The molecule has 5 nitrogen and oxygen atoms in total. The first kappa shape index (κ1) is 15.6. The van der Waals surface area contributed by atoms with E-state index in [1.165, 1.54) is 5.56 Å². The van der Waals surface area contributed by atoms with Crippen LogP contribution in [0.3, 0.4) is 0 Å². The van der Waals surface area contributed by atoms with Crippen LogP contribution in [0.15, 0.2) is 42.5 Å². The van der Waals surface area contributed by atoms with Gasteiger partial charge in [0.15, 0.2) is 0 Å². The Balaban J connectivity index is 1.89. The Morgan fingerprint density at radius 3 is 2.18 bits per heavy atom. The molecular formula is C17H19N3O2. The van der Waals surface area contributed by atoms with Gasteiger partial charge in [-0.3, -0.25) is 9.59 Å². The second kappa shape index (κ2) is 6.76. The molecule has 0 atom stereocenters. The highest BCUT2D eigenvalue weighted by atomic mass is 16.2. The second-order valence-corrected chi connectivity index (χ2v) is 5.14. The number of benzene rings is 2. The average molecular weight is 297 g/mol.